The maximum atomic E-state index is 12.5. The first-order chi connectivity index (χ1) is 12.1. The van der Waals surface area contributed by atoms with Gasteiger partial charge in [-0.05, 0) is 18.2 Å². The summed E-state index contributed by atoms with van der Waals surface area (Å²) in [4.78, 5) is 20.4. The minimum Gasteiger partial charge on any atom is -0.497 e. The first kappa shape index (κ1) is 16.4. The van der Waals surface area contributed by atoms with Gasteiger partial charge in [0.1, 0.15) is 11.4 Å². The summed E-state index contributed by atoms with van der Waals surface area (Å²) in [7, 11) is 4.79. The van der Waals surface area contributed by atoms with Crippen LogP contribution in [0.5, 0.6) is 11.8 Å². The topological polar surface area (TPSA) is 91.2 Å². The molecule has 0 radical (unpaired) electrons. The van der Waals surface area contributed by atoms with Gasteiger partial charge in [-0.3, -0.25) is 9.48 Å². The summed E-state index contributed by atoms with van der Waals surface area (Å²) < 4.78 is 11.6. The number of methoxy groups -OCH3 is 2. The summed E-state index contributed by atoms with van der Waals surface area (Å²) in [5.41, 5.74) is 2.42. The summed E-state index contributed by atoms with van der Waals surface area (Å²) in [6.45, 7) is 0. The monoisotopic (exact) mass is 339 g/mol. The number of carbonyl (C=O) groups is 1. The van der Waals surface area contributed by atoms with E-state index in [9.17, 15) is 4.79 Å². The molecule has 3 rings (SSSR count). The fraction of sp³-hybridized carbons (Fsp3) is 0.176. The van der Waals surface area contributed by atoms with E-state index in [-0.39, 0.29) is 11.9 Å². The molecule has 0 aliphatic heterocycles. The van der Waals surface area contributed by atoms with Gasteiger partial charge >= 0.3 is 6.01 Å². The number of amides is 1. The van der Waals surface area contributed by atoms with Crippen LogP contribution in [-0.2, 0) is 7.05 Å². The van der Waals surface area contributed by atoms with Crippen LogP contribution in [0.3, 0.4) is 0 Å². The normalized spacial score (nSPS) is 10.4. The highest BCUT2D eigenvalue weighted by molar-refractivity contribution is 6.03. The second kappa shape index (κ2) is 7.00. The van der Waals surface area contributed by atoms with Crippen LogP contribution >= 0.6 is 0 Å². The molecule has 0 atom stereocenters. The van der Waals surface area contributed by atoms with Gasteiger partial charge in [0.2, 0.25) is 0 Å². The number of ether oxygens (including phenoxy) is 2. The Hall–Kier alpha value is -3.42. The Balaban J connectivity index is 1.82. The molecule has 8 nitrogen and oxygen atoms in total. The minimum absolute atomic E-state index is 0.235. The van der Waals surface area contributed by atoms with Gasteiger partial charge < -0.3 is 14.8 Å². The third-order valence-corrected chi connectivity index (χ3v) is 3.55. The van der Waals surface area contributed by atoms with Gasteiger partial charge in [0.05, 0.1) is 38.0 Å². The number of hydrogen-bond donors (Lipinski definition) is 1. The van der Waals surface area contributed by atoms with Gasteiger partial charge in [0.15, 0.2) is 0 Å². The zero-order chi connectivity index (χ0) is 17.8. The molecule has 2 heterocycles. The number of aromatic nitrogens is 4. The predicted molar refractivity (Wildman–Crippen MR) is 91.7 cm³/mol. The predicted octanol–water partition coefficient (Wildman–Crippen LogP) is 2.15. The average molecular weight is 339 g/mol. The molecule has 1 aromatic carbocycles. The molecule has 0 bridgehead atoms. The SMILES string of the molecule is COc1cccc(-c2cc(C(=O)Nc3cnc(OC)nc3)n(C)n2)c1. The standard InChI is InChI=1S/C17H17N5O3/c1-22-15(16(23)20-12-9-18-17(25-3)19-10-12)8-14(21-22)11-5-4-6-13(7-11)24-2/h4-10H,1-3H3,(H,20,23). The van der Waals surface area contributed by atoms with Crippen LogP contribution < -0.4 is 14.8 Å². The van der Waals surface area contributed by atoms with E-state index in [0.29, 0.717) is 17.1 Å². The molecule has 0 saturated carbocycles. The van der Waals surface area contributed by atoms with Crippen LogP contribution in [0.4, 0.5) is 5.69 Å². The third kappa shape index (κ3) is 3.57. The van der Waals surface area contributed by atoms with E-state index in [1.165, 1.54) is 24.2 Å². The van der Waals surface area contributed by atoms with Crippen LogP contribution in [-0.4, -0.2) is 39.9 Å². The van der Waals surface area contributed by atoms with Crippen LogP contribution in [0.15, 0.2) is 42.7 Å². The molecule has 0 fully saturated rings. The van der Waals surface area contributed by atoms with Crippen LogP contribution in [0, 0.1) is 0 Å². The van der Waals surface area contributed by atoms with Crippen LogP contribution in [0.25, 0.3) is 11.3 Å². The van der Waals surface area contributed by atoms with Crippen molar-refractivity contribution in [2.75, 3.05) is 19.5 Å². The number of aryl methyl sites for hydroxylation is 1. The number of nitrogens with one attached hydrogen (secondary N) is 1. The average Bonchev–Trinajstić information content (AvgIpc) is 3.04. The van der Waals surface area contributed by atoms with E-state index in [1.54, 1.807) is 20.2 Å². The van der Waals surface area contributed by atoms with E-state index in [0.717, 1.165) is 11.3 Å². The summed E-state index contributed by atoms with van der Waals surface area (Å²) in [5, 5.41) is 7.13. The summed E-state index contributed by atoms with van der Waals surface area (Å²) in [5.74, 6) is 0.419. The lowest BCUT2D eigenvalue weighted by Crippen LogP contribution is -2.16. The Labute approximate surface area is 144 Å². The number of hydrogen-bond acceptors (Lipinski definition) is 6. The molecule has 25 heavy (non-hydrogen) atoms. The van der Waals surface area contributed by atoms with Gasteiger partial charge in [-0.1, -0.05) is 12.1 Å². The van der Waals surface area contributed by atoms with Crippen molar-refractivity contribution in [2.45, 2.75) is 0 Å². The number of rotatable bonds is 5. The summed E-state index contributed by atoms with van der Waals surface area (Å²) in [6, 6.07) is 9.44. The highest BCUT2D eigenvalue weighted by Crippen LogP contribution is 2.23. The van der Waals surface area contributed by atoms with Gasteiger partial charge in [-0.2, -0.15) is 5.10 Å². The van der Waals surface area contributed by atoms with E-state index >= 15 is 0 Å². The molecule has 0 unspecified atom stereocenters. The van der Waals surface area contributed by atoms with Crippen molar-refractivity contribution in [1.29, 1.82) is 0 Å². The molecule has 0 aliphatic carbocycles. The summed E-state index contributed by atoms with van der Waals surface area (Å²) >= 11 is 0. The second-order valence-corrected chi connectivity index (χ2v) is 5.18. The Bertz CT molecular complexity index is 890. The molecule has 8 heteroatoms. The minimum atomic E-state index is -0.307. The highest BCUT2D eigenvalue weighted by atomic mass is 16.5. The van der Waals surface area contributed by atoms with Crippen molar-refractivity contribution >= 4 is 11.6 Å². The number of benzene rings is 1. The molecule has 0 spiro atoms. The number of carbonyl (C=O) groups excluding carboxylic acids is 1. The maximum absolute atomic E-state index is 12.5. The van der Waals surface area contributed by atoms with Gasteiger partial charge in [-0.15, -0.1) is 0 Å². The first-order valence-corrected chi connectivity index (χ1v) is 7.46. The number of anilines is 1. The lowest BCUT2D eigenvalue weighted by molar-refractivity contribution is 0.101. The van der Waals surface area contributed by atoms with E-state index in [4.69, 9.17) is 9.47 Å². The zero-order valence-corrected chi connectivity index (χ0v) is 14.1. The molecule has 0 saturated heterocycles. The molecule has 0 aliphatic rings. The van der Waals surface area contributed by atoms with Gasteiger partial charge in [0, 0.05) is 12.6 Å². The molecular weight excluding hydrogens is 322 g/mol. The van der Waals surface area contributed by atoms with Crippen molar-refractivity contribution in [2.24, 2.45) is 7.05 Å². The lowest BCUT2D eigenvalue weighted by atomic mass is 10.1. The first-order valence-electron chi connectivity index (χ1n) is 7.46. The molecule has 1 N–H and O–H groups in total. The maximum Gasteiger partial charge on any atom is 0.316 e. The Morgan fingerprint density at radius 2 is 1.88 bits per heavy atom. The smallest absolute Gasteiger partial charge is 0.316 e. The Kier molecular flexibility index (Phi) is 4.60. The number of nitrogens with zero attached hydrogens (tertiary/aromatic N) is 4. The molecular formula is C17H17N5O3. The van der Waals surface area contributed by atoms with Crippen molar-refractivity contribution in [3.05, 3.63) is 48.4 Å². The second-order valence-electron chi connectivity index (χ2n) is 5.18. The van der Waals surface area contributed by atoms with Crippen molar-refractivity contribution in [3.63, 3.8) is 0 Å². The van der Waals surface area contributed by atoms with E-state index in [1.807, 2.05) is 24.3 Å². The van der Waals surface area contributed by atoms with Gasteiger partial charge in [-0.25, -0.2) is 9.97 Å². The molecule has 2 aromatic heterocycles. The zero-order valence-electron chi connectivity index (χ0n) is 14.1. The third-order valence-electron chi connectivity index (χ3n) is 3.55. The largest absolute Gasteiger partial charge is 0.497 e. The highest BCUT2D eigenvalue weighted by Gasteiger charge is 2.15. The van der Waals surface area contributed by atoms with E-state index < -0.39 is 0 Å². The Morgan fingerprint density at radius 1 is 1.12 bits per heavy atom. The lowest BCUT2D eigenvalue weighted by Gasteiger charge is -2.04. The van der Waals surface area contributed by atoms with Crippen LogP contribution in [0.1, 0.15) is 10.5 Å². The molecule has 128 valence electrons. The van der Waals surface area contributed by atoms with Crippen molar-refractivity contribution in [1.82, 2.24) is 19.7 Å². The fourth-order valence-corrected chi connectivity index (χ4v) is 2.28. The van der Waals surface area contributed by atoms with Gasteiger partial charge in [0.25, 0.3) is 5.91 Å². The van der Waals surface area contributed by atoms with Crippen molar-refractivity contribution < 1.29 is 14.3 Å². The Morgan fingerprint density at radius 3 is 2.56 bits per heavy atom. The fourth-order valence-electron chi connectivity index (χ4n) is 2.28. The van der Waals surface area contributed by atoms with Crippen molar-refractivity contribution in [3.8, 4) is 23.0 Å². The van der Waals surface area contributed by atoms with Crippen LogP contribution in [0.2, 0.25) is 0 Å². The quantitative estimate of drug-likeness (QED) is 0.766. The molecule has 3 aromatic rings. The van der Waals surface area contributed by atoms with E-state index in [2.05, 4.69) is 20.4 Å². The summed E-state index contributed by atoms with van der Waals surface area (Å²) in [6.07, 6.45) is 2.95. The molecule has 1 amide bonds.